The van der Waals surface area contributed by atoms with Gasteiger partial charge in [0.2, 0.25) is 0 Å². The standard InChI is InChI=1S/C25H32O4/c1-6-18-25(7-2,29-22(27)20-16-12-9-13-17-20)23(24(3,4)5)28-21(26)19-14-10-8-11-15-19/h8-17,23H,6-7,18H2,1-5H3. The number of hydrogen-bond acceptors (Lipinski definition) is 4. The molecule has 0 spiro atoms. The third-order valence-electron chi connectivity index (χ3n) is 5.08. The fourth-order valence-electron chi connectivity index (χ4n) is 3.73. The van der Waals surface area contributed by atoms with Gasteiger partial charge >= 0.3 is 11.9 Å². The van der Waals surface area contributed by atoms with Gasteiger partial charge in [-0.05, 0) is 37.1 Å². The zero-order valence-corrected chi connectivity index (χ0v) is 18.1. The van der Waals surface area contributed by atoms with Gasteiger partial charge in [-0.25, -0.2) is 9.59 Å². The summed E-state index contributed by atoms with van der Waals surface area (Å²) in [5.74, 6) is -0.805. The SMILES string of the molecule is CCCC(CC)(OC(=O)c1ccccc1)C(OC(=O)c1ccccc1)C(C)(C)C. The van der Waals surface area contributed by atoms with E-state index in [9.17, 15) is 9.59 Å². The van der Waals surface area contributed by atoms with Gasteiger partial charge in [-0.3, -0.25) is 0 Å². The summed E-state index contributed by atoms with van der Waals surface area (Å²) in [5, 5.41) is 0. The van der Waals surface area contributed by atoms with Crippen molar-refractivity contribution < 1.29 is 19.1 Å². The average Bonchev–Trinajstić information content (AvgIpc) is 2.72. The first-order chi connectivity index (χ1) is 13.7. The Kier molecular flexibility index (Phi) is 7.60. The van der Waals surface area contributed by atoms with Crippen LogP contribution >= 0.6 is 0 Å². The number of hydrogen-bond donors (Lipinski definition) is 0. The van der Waals surface area contributed by atoms with Crippen LogP contribution in [0.3, 0.4) is 0 Å². The minimum absolute atomic E-state index is 0.397. The summed E-state index contributed by atoms with van der Waals surface area (Å²) in [5.41, 5.74) is -0.363. The van der Waals surface area contributed by atoms with E-state index in [1.807, 2.05) is 46.8 Å². The molecule has 0 aliphatic carbocycles. The van der Waals surface area contributed by atoms with E-state index in [0.29, 0.717) is 24.0 Å². The summed E-state index contributed by atoms with van der Waals surface area (Å²) in [6.45, 7) is 10.0. The maximum absolute atomic E-state index is 12.9. The first kappa shape index (κ1) is 22.7. The van der Waals surface area contributed by atoms with Crippen molar-refractivity contribution in [1.82, 2.24) is 0 Å². The molecule has 29 heavy (non-hydrogen) atoms. The fraction of sp³-hybridized carbons (Fsp3) is 0.440. The first-order valence-corrected chi connectivity index (χ1v) is 10.3. The number of carbonyl (C=O) groups is 2. The highest BCUT2D eigenvalue weighted by Gasteiger charge is 2.49. The highest BCUT2D eigenvalue weighted by atomic mass is 16.6. The molecule has 0 aliphatic heterocycles. The van der Waals surface area contributed by atoms with Crippen LogP contribution in [0.5, 0.6) is 0 Å². The van der Waals surface area contributed by atoms with Gasteiger partial charge in [-0.2, -0.15) is 0 Å². The van der Waals surface area contributed by atoms with Crippen molar-refractivity contribution in [2.45, 2.75) is 65.6 Å². The number of ether oxygens (including phenoxy) is 2. The van der Waals surface area contributed by atoms with Crippen LogP contribution in [0.1, 0.15) is 74.6 Å². The predicted octanol–water partition coefficient (Wildman–Crippen LogP) is 6.06. The van der Waals surface area contributed by atoms with E-state index >= 15 is 0 Å². The van der Waals surface area contributed by atoms with Crippen molar-refractivity contribution in [3.63, 3.8) is 0 Å². The van der Waals surface area contributed by atoms with Gasteiger partial charge in [-0.15, -0.1) is 0 Å². The summed E-state index contributed by atoms with van der Waals surface area (Å²) in [7, 11) is 0. The zero-order chi connectivity index (χ0) is 21.5. The lowest BCUT2D eigenvalue weighted by Gasteiger charge is -2.45. The maximum atomic E-state index is 12.9. The first-order valence-electron chi connectivity index (χ1n) is 10.3. The molecular formula is C25H32O4. The van der Waals surface area contributed by atoms with Crippen LogP contribution in [0.2, 0.25) is 0 Å². The van der Waals surface area contributed by atoms with E-state index in [-0.39, 0.29) is 0 Å². The van der Waals surface area contributed by atoms with Gasteiger partial charge < -0.3 is 9.47 Å². The lowest BCUT2D eigenvalue weighted by atomic mass is 9.74. The van der Waals surface area contributed by atoms with Gasteiger partial charge in [0.1, 0.15) is 11.7 Å². The normalized spacial score (nSPS) is 14.5. The lowest BCUT2D eigenvalue weighted by molar-refractivity contribution is -0.138. The van der Waals surface area contributed by atoms with Crippen LogP contribution in [0.25, 0.3) is 0 Å². The molecule has 0 saturated heterocycles. The number of esters is 2. The van der Waals surface area contributed by atoms with Crippen LogP contribution < -0.4 is 0 Å². The van der Waals surface area contributed by atoms with Crippen LogP contribution in [0, 0.1) is 5.41 Å². The second kappa shape index (κ2) is 9.73. The fourth-order valence-corrected chi connectivity index (χ4v) is 3.73. The predicted molar refractivity (Wildman–Crippen MR) is 115 cm³/mol. The monoisotopic (exact) mass is 396 g/mol. The van der Waals surface area contributed by atoms with Gasteiger partial charge in [0.25, 0.3) is 0 Å². The van der Waals surface area contributed by atoms with Crippen molar-refractivity contribution in [2.24, 2.45) is 5.41 Å². The molecule has 2 rings (SSSR count). The Morgan fingerprint density at radius 3 is 1.72 bits per heavy atom. The Hall–Kier alpha value is -2.62. The minimum atomic E-state index is -0.912. The second-order valence-electron chi connectivity index (χ2n) is 8.44. The molecule has 0 aromatic heterocycles. The van der Waals surface area contributed by atoms with Crippen molar-refractivity contribution in [3.05, 3.63) is 71.8 Å². The largest absolute Gasteiger partial charge is 0.454 e. The molecule has 0 saturated carbocycles. The van der Waals surface area contributed by atoms with Gasteiger partial charge in [0.05, 0.1) is 11.1 Å². The Balaban J connectivity index is 2.40. The van der Waals surface area contributed by atoms with E-state index in [0.717, 1.165) is 6.42 Å². The summed E-state index contributed by atoms with van der Waals surface area (Å²) in [6.07, 6.45) is 1.35. The molecule has 156 valence electrons. The summed E-state index contributed by atoms with van der Waals surface area (Å²) in [6, 6.07) is 17.9. The lowest BCUT2D eigenvalue weighted by Crippen LogP contribution is -2.54. The summed E-state index contributed by atoms with van der Waals surface area (Å²) < 4.78 is 12.2. The molecule has 2 unspecified atom stereocenters. The molecule has 4 nitrogen and oxygen atoms in total. The van der Waals surface area contributed by atoms with Crippen LogP contribution in [-0.4, -0.2) is 23.6 Å². The van der Waals surface area contributed by atoms with Gasteiger partial charge in [0.15, 0.2) is 0 Å². The zero-order valence-electron chi connectivity index (χ0n) is 18.1. The smallest absolute Gasteiger partial charge is 0.338 e. The van der Waals surface area contributed by atoms with Crippen molar-refractivity contribution in [3.8, 4) is 0 Å². The van der Waals surface area contributed by atoms with E-state index in [1.54, 1.807) is 48.5 Å². The molecule has 0 bridgehead atoms. The highest BCUT2D eigenvalue weighted by molar-refractivity contribution is 5.90. The molecule has 0 aliphatic rings. The summed E-state index contributed by atoms with van der Waals surface area (Å²) >= 11 is 0. The van der Waals surface area contributed by atoms with Crippen LogP contribution in [0.15, 0.2) is 60.7 Å². The van der Waals surface area contributed by atoms with Gasteiger partial charge in [-0.1, -0.05) is 77.4 Å². The molecule has 0 fully saturated rings. The topological polar surface area (TPSA) is 52.6 Å². The van der Waals surface area contributed by atoms with E-state index in [2.05, 4.69) is 0 Å². The molecule has 4 heteroatoms. The average molecular weight is 397 g/mol. The third kappa shape index (κ3) is 5.69. The number of benzene rings is 2. The van der Waals surface area contributed by atoms with Crippen LogP contribution in [0.4, 0.5) is 0 Å². The van der Waals surface area contributed by atoms with E-state index < -0.39 is 29.1 Å². The quantitative estimate of drug-likeness (QED) is 0.509. The molecule has 0 N–H and O–H groups in total. The maximum Gasteiger partial charge on any atom is 0.338 e. The second-order valence-corrected chi connectivity index (χ2v) is 8.44. The summed E-state index contributed by atoms with van der Waals surface area (Å²) in [4.78, 5) is 25.8. The van der Waals surface area contributed by atoms with Crippen molar-refractivity contribution in [2.75, 3.05) is 0 Å². The third-order valence-corrected chi connectivity index (χ3v) is 5.08. The van der Waals surface area contributed by atoms with Crippen molar-refractivity contribution in [1.29, 1.82) is 0 Å². The Morgan fingerprint density at radius 2 is 1.31 bits per heavy atom. The Morgan fingerprint density at radius 1 is 0.828 bits per heavy atom. The minimum Gasteiger partial charge on any atom is -0.454 e. The molecule has 0 amide bonds. The molecule has 2 atom stereocenters. The van der Waals surface area contributed by atoms with E-state index in [4.69, 9.17) is 9.47 Å². The van der Waals surface area contributed by atoms with Crippen molar-refractivity contribution >= 4 is 11.9 Å². The Bertz CT molecular complexity index is 793. The van der Waals surface area contributed by atoms with Gasteiger partial charge in [0, 0.05) is 5.41 Å². The number of carbonyl (C=O) groups excluding carboxylic acids is 2. The molecular weight excluding hydrogens is 364 g/mol. The molecule has 0 radical (unpaired) electrons. The Labute approximate surface area is 174 Å². The van der Waals surface area contributed by atoms with Crippen LogP contribution in [-0.2, 0) is 9.47 Å². The molecule has 2 aromatic rings. The highest BCUT2D eigenvalue weighted by Crippen LogP contribution is 2.40. The van der Waals surface area contributed by atoms with E-state index in [1.165, 1.54) is 0 Å². The molecule has 2 aromatic carbocycles. The molecule has 0 heterocycles. The number of rotatable bonds is 8.